The van der Waals surface area contributed by atoms with Gasteiger partial charge in [0.1, 0.15) is 5.75 Å². The van der Waals surface area contributed by atoms with Crippen molar-refractivity contribution in [3.63, 3.8) is 0 Å². The van der Waals surface area contributed by atoms with Crippen LogP contribution in [0, 0.1) is 6.92 Å². The molecule has 25 heavy (non-hydrogen) atoms. The molecule has 138 valence electrons. The summed E-state index contributed by atoms with van der Waals surface area (Å²) < 4.78 is 42.6. The lowest BCUT2D eigenvalue weighted by molar-refractivity contribution is -0.274. The third-order valence-corrected chi connectivity index (χ3v) is 4.76. The Morgan fingerprint density at radius 2 is 1.96 bits per heavy atom. The number of piperidine rings is 1. The molecule has 2 aliphatic rings. The zero-order chi connectivity index (χ0) is 18.2. The molecule has 0 spiro atoms. The summed E-state index contributed by atoms with van der Waals surface area (Å²) in [7, 11) is 4.07. The number of alkyl halides is 3. The number of rotatable bonds is 3. The van der Waals surface area contributed by atoms with E-state index in [9.17, 15) is 13.2 Å². The first-order valence-electron chi connectivity index (χ1n) is 8.48. The molecule has 7 heteroatoms. The van der Waals surface area contributed by atoms with Crippen LogP contribution in [0.15, 0.2) is 24.4 Å². The van der Waals surface area contributed by atoms with Crippen LogP contribution in [0.2, 0.25) is 0 Å². The maximum Gasteiger partial charge on any atom is 0.573 e. The Balaban J connectivity index is 1.87. The third kappa shape index (κ3) is 4.27. The summed E-state index contributed by atoms with van der Waals surface area (Å²) in [5.74, 6) is -0.130. The molecule has 1 fully saturated rings. The normalized spacial score (nSPS) is 23.0. The van der Waals surface area contributed by atoms with E-state index in [0.717, 1.165) is 37.1 Å². The van der Waals surface area contributed by atoms with E-state index in [1.54, 1.807) is 13.0 Å². The van der Waals surface area contributed by atoms with Gasteiger partial charge in [-0.3, -0.25) is 0 Å². The van der Waals surface area contributed by atoms with E-state index >= 15 is 0 Å². The molecule has 1 saturated heterocycles. The van der Waals surface area contributed by atoms with Gasteiger partial charge in [-0.25, -0.2) is 5.01 Å². The van der Waals surface area contributed by atoms with Crippen LogP contribution in [-0.2, 0) is 0 Å². The Labute approximate surface area is 146 Å². The van der Waals surface area contributed by atoms with Crippen LogP contribution in [0.25, 0.3) is 5.57 Å². The number of aryl methyl sites for hydroxylation is 1. The van der Waals surface area contributed by atoms with Crippen molar-refractivity contribution in [1.82, 2.24) is 14.9 Å². The number of likely N-dealkylation sites (N-methyl/N-ethyl adjacent to an activating group) is 2. The lowest BCUT2D eigenvalue weighted by Gasteiger charge is -2.39. The molecular formula is C18H24F3N3O. The highest BCUT2D eigenvalue weighted by molar-refractivity contribution is 5.73. The highest BCUT2D eigenvalue weighted by Crippen LogP contribution is 2.35. The Hall–Kier alpha value is -1.73. The Kier molecular flexibility index (Phi) is 4.97. The van der Waals surface area contributed by atoms with E-state index in [2.05, 4.69) is 26.7 Å². The highest BCUT2D eigenvalue weighted by atomic mass is 19.4. The maximum atomic E-state index is 12.8. The van der Waals surface area contributed by atoms with E-state index in [0.29, 0.717) is 18.2 Å². The van der Waals surface area contributed by atoms with Crippen molar-refractivity contribution in [3.8, 4) is 5.75 Å². The average molecular weight is 355 g/mol. The predicted octanol–water partition coefficient (Wildman–Crippen LogP) is 3.49. The van der Waals surface area contributed by atoms with Crippen molar-refractivity contribution in [1.29, 1.82) is 0 Å². The van der Waals surface area contributed by atoms with Gasteiger partial charge in [-0.15, -0.1) is 13.2 Å². The number of halogens is 3. The minimum atomic E-state index is -4.70. The molecule has 0 saturated carbocycles. The molecule has 1 atom stereocenters. The molecule has 1 aromatic carbocycles. The van der Waals surface area contributed by atoms with Gasteiger partial charge in [-0.1, -0.05) is 12.1 Å². The van der Waals surface area contributed by atoms with Crippen molar-refractivity contribution in [2.45, 2.75) is 32.2 Å². The number of hydrogen-bond donors (Lipinski definition) is 0. The molecule has 3 rings (SSSR count). The molecule has 0 unspecified atom stereocenters. The van der Waals surface area contributed by atoms with E-state index in [1.807, 2.05) is 19.3 Å². The summed E-state index contributed by atoms with van der Waals surface area (Å²) in [6.07, 6.45) is -0.517. The lowest BCUT2D eigenvalue weighted by atomic mass is 10.0. The van der Waals surface area contributed by atoms with E-state index in [1.165, 1.54) is 6.07 Å². The Morgan fingerprint density at radius 1 is 1.20 bits per heavy atom. The molecule has 0 bridgehead atoms. The van der Waals surface area contributed by atoms with E-state index in [-0.39, 0.29) is 5.75 Å². The van der Waals surface area contributed by atoms with Crippen molar-refractivity contribution < 1.29 is 17.9 Å². The van der Waals surface area contributed by atoms with Gasteiger partial charge in [0.15, 0.2) is 0 Å². The highest BCUT2D eigenvalue weighted by Gasteiger charge is 2.34. The summed E-state index contributed by atoms with van der Waals surface area (Å²) >= 11 is 0. The summed E-state index contributed by atoms with van der Waals surface area (Å²) in [5, 5.41) is 4.22. The van der Waals surface area contributed by atoms with Gasteiger partial charge >= 0.3 is 6.36 Å². The summed E-state index contributed by atoms with van der Waals surface area (Å²) in [6.45, 7) is 4.36. The molecule has 2 heterocycles. The van der Waals surface area contributed by atoms with Crippen LogP contribution in [0.1, 0.15) is 24.0 Å². The number of nitrogens with zero attached hydrogens (tertiary/aromatic N) is 3. The first-order valence-corrected chi connectivity index (χ1v) is 8.48. The first kappa shape index (κ1) is 18.1. The number of ether oxygens (including phenoxy) is 1. The minimum Gasteiger partial charge on any atom is -0.405 e. The number of likely N-dealkylation sites (tertiary alicyclic amines) is 1. The number of hydrazine groups is 1. The molecule has 0 aliphatic carbocycles. The van der Waals surface area contributed by atoms with Crippen LogP contribution in [0.4, 0.5) is 13.2 Å². The van der Waals surface area contributed by atoms with Gasteiger partial charge in [0, 0.05) is 31.9 Å². The standard InChI is InChI=1S/C18H24F3N3O/c1-13-6-7-16(17(9-13)25-18(19,20)21)14-10-23(3)24(11-14)15-5-4-8-22(2)12-15/h6-7,9,11,15H,4-5,8,10,12H2,1-3H3/t15-/m1/s1. The Bertz CT molecular complexity index is 659. The van der Waals surface area contributed by atoms with Crippen molar-refractivity contribution in [2.75, 3.05) is 33.7 Å². The van der Waals surface area contributed by atoms with Crippen LogP contribution in [0.5, 0.6) is 5.75 Å². The van der Waals surface area contributed by atoms with Crippen molar-refractivity contribution in [2.24, 2.45) is 0 Å². The topological polar surface area (TPSA) is 19.0 Å². The van der Waals surface area contributed by atoms with Gasteiger partial charge in [-0.2, -0.15) is 0 Å². The quantitative estimate of drug-likeness (QED) is 0.826. The van der Waals surface area contributed by atoms with Crippen LogP contribution >= 0.6 is 0 Å². The molecule has 2 aliphatic heterocycles. The second kappa shape index (κ2) is 6.88. The second-order valence-corrected chi connectivity index (χ2v) is 6.96. The van der Waals surface area contributed by atoms with E-state index < -0.39 is 6.36 Å². The van der Waals surface area contributed by atoms with Crippen LogP contribution < -0.4 is 4.74 Å². The van der Waals surface area contributed by atoms with Gasteiger partial charge < -0.3 is 14.6 Å². The second-order valence-electron chi connectivity index (χ2n) is 6.96. The van der Waals surface area contributed by atoms with Crippen molar-refractivity contribution >= 4 is 5.57 Å². The fourth-order valence-corrected chi connectivity index (χ4v) is 3.63. The predicted molar refractivity (Wildman–Crippen MR) is 90.8 cm³/mol. The average Bonchev–Trinajstić information content (AvgIpc) is 2.87. The van der Waals surface area contributed by atoms with Gasteiger partial charge in [-0.05, 0) is 50.6 Å². The Morgan fingerprint density at radius 3 is 2.64 bits per heavy atom. The van der Waals surface area contributed by atoms with Gasteiger partial charge in [0.05, 0.1) is 6.04 Å². The van der Waals surface area contributed by atoms with Gasteiger partial charge in [0.25, 0.3) is 0 Å². The molecule has 0 aromatic heterocycles. The summed E-state index contributed by atoms with van der Waals surface area (Å²) in [5.41, 5.74) is 2.08. The molecule has 0 radical (unpaired) electrons. The smallest absolute Gasteiger partial charge is 0.405 e. The molecular weight excluding hydrogens is 331 g/mol. The zero-order valence-electron chi connectivity index (χ0n) is 14.8. The monoisotopic (exact) mass is 355 g/mol. The minimum absolute atomic E-state index is 0.130. The summed E-state index contributed by atoms with van der Waals surface area (Å²) in [4.78, 5) is 2.29. The molecule has 0 N–H and O–H groups in total. The first-order chi connectivity index (χ1) is 11.7. The maximum absolute atomic E-state index is 12.8. The molecule has 4 nitrogen and oxygen atoms in total. The van der Waals surface area contributed by atoms with Crippen LogP contribution in [0.3, 0.4) is 0 Å². The van der Waals surface area contributed by atoms with Crippen LogP contribution in [-0.4, -0.2) is 61.1 Å². The van der Waals surface area contributed by atoms with Crippen molar-refractivity contribution in [3.05, 3.63) is 35.5 Å². The van der Waals surface area contributed by atoms with Gasteiger partial charge in [0.2, 0.25) is 0 Å². The lowest BCUT2D eigenvalue weighted by Crippen LogP contribution is -2.48. The molecule has 0 amide bonds. The van der Waals surface area contributed by atoms with E-state index in [4.69, 9.17) is 0 Å². The zero-order valence-corrected chi connectivity index (χ0v) is 14.8. The molecule has 1 aromatic rings. The number of benzene rings is 1. The largest absolute Gasteiger partial charge is 0.573 e. The third-order valence-electron chi connectivity index (χ3n) is 4.76. The fourth-order valence-electron chi connectivity index (χ4n) is 3.63. The SMILES string of the molecule is Cc1ccc(C2=CN([C@@H]3CCCN(C)C3)N(C)C2)c(OC(F)(F)F)c1. The summed E-state index contributed by atoms with van der Waals surface area (Å²) in [6, 6.07) is 5.32. The fraction of sp³-hybridized carbons (Fsp3) is 0.556. The number of hydrogen-bond acceptors (Lipinski definition) is 4.